The van der Waals surface area contributed by atoms with Crippen molar-refractivity contribution in [1.82, 2.24) is 4.90 Å². The number of amides is 2. The molecule has 0 aromatic heterocycles. The van der Waals surface area contributed by atoms with Gasteiger partial charge in [-0.25, -0.2) is 4.79 Å². The van der Waals surface area contributed by atoms with Gasteiger partial charge in [0, 0.05) is 30.0 Å². The highest BCUT2D eigenvalue weighted by Crippen LogP contribution is 2.35. The molecule has 1 fully saturated rings. The first kappa shape index (κ1) is 27.9. The quantitative estimate of drug-likeness (QED) is 0.378. The van der Waals surface area contributed by atoms with Gasteiger partial charge in [-0.05, 0) is 59.1 Å². The summed E-state index contributed by atoms with van der Waals surface area (Å²) >= 11 is 0. The maximum Gasteiger partial charge on any atom is 0.322 e. The van der Waals surface area contributed by atoms with Gasteiger partial charge in [-0.1, -0.05) is 86.5 Å². The van der Waals surface area contributed by atoms with Crippen molar-refractivity contribution in [3.63, 3.8) is 0 Å². The molecule has 0 saturated heterocycles. The predicted molar refractivity (Wildman–Crippen MR) is 153 cm³/mol. The van der Waals surface area contributed by atoms with Gasteiger partial charge < -0.3 is 20.4 Å². The van der Waals surface area contributed by atoms with Gasteiger partial charge in [-0.15, -0.1) is 0 Å². The van der Waals surface area contributed by atoms with Crippen LogP contribution in [-0.4, -0.2) is 22.4 Å². The molecule has 0 spiro atoms. The SMILES string of the molecule is CC(=O)OCc1ccccc1.CC1CCC(c2ccc(NC(=O)N3Cc4ccccc4C3)cc2)CC1.O.[HH].[HH].[HH]. The van der Waals surface area contributed by atoms with Crippen LogP contribution in [0.3, 0.4) is 0 Å². The van der Waals surface area contributed by atoms with E-state index in [1.54, 1.807) is 0 Å². The number of nitrogens with one attached hydrogen (secondary N) is 1. The van der Waals surface area contributed by atoms with Gasteiger partial charge in [0.1, 0.15) is 6.61 Å². The van der Waals surface area contributed by atoms with Crippen LogP contribution in [0.4, 0.5) is 10.5 Å². The fraction of sp³-hybridized carbons (Fsp3) is 0.355. The summed E-state index contributed by atoms with van der Waals surface area (Å²) in [7, 11) is 0. The second-order valence-corrected chi connectivity index (χ2v) is 9.90. The first-order chi connectivity index (χ1) is 17.5. The summed E-state index contributed by atoms with van der Waals surface area (Å²) in [6.07, 6.45) is 5.25. The Bertz CT molecular complexity index is 1130. The number of carbonyl (C=O) groups is 2. The molecule has 1 heterocycles. The third-order valence-corrected chi connectivity index (χ3v) is 7.06. The van der Waals surface area contributed by atoms with Crippen LogP contribution in [0.15, 0.2) is 78.9 Å². The van der Waals surface area contributed by atoms with E-state index in [1.807, 2.05) is 47.4 Å². The molecule has 1 aliphatic carbocycles. The zero-order chi connectivity index (χ0) is 25.3. The molecule has 2 aliphatic rings. The average molecular weight is 509 g/mol. The first-order valence-electron chi connectivity index (χ1n) is 12.9. The Hall–Kier alpha value is -3.64. The number of hydrogen-bond acceptors (Lipinski definition) is 3. The summed E-state index contributed by atoms with van der Waals surface area (Å²) in [6, 6.07) is 26.3. The smallest absolute Gasteiger partial charge is 0.322 e. The third-order valence-electron chi connectivity index (χ3n) is 7.06. The van der Waals surface area contributed by atoms with Crippen LogP contribution < -0.4 is 5.32 Å². The van der Waals surface area contributed by atoms with Gasteiger partial charge in [0.15, 0.2) is 0 Å². The number of carbonyl (C=O) groups excluding carboxylic acids is 2. The molecule has 6 nitrogen and oxygen atoms in total. The number of esters is 1. The number of nitrogens with zero attached hydrogens (tertiary/aromatic N) is 1. The molecule has 5 rings (SSSR count). The van der Waals surface area contributed by atoms with Crippen molar-refractivity contribution >= 4 is 17.7 Å². The van der Waals surface area contributed by atoms with E-state index < -0.39 is 0 Å². The Morgan fingerprint density at radius 1 is 0.865 bits per heavy atom. The van der Waals surface area contributed by atoms with E-state index in [9.17, 15) is 9.59 Å². The van der Waals surface area contributed by atoms with Crippen molar-refractivity contribution in [3.8, 4) is 0 Å². The van der Waals surface area contributed by atoms with Gasteiger partial charge >= 0.3 is 12.0 Å². The summed E-state index contributed by atoms with van der Waals surface area (Å²) in [6.45, 7) is 5.52. The highest BCUT2D eigenvalue weighted by atomic mass is 16.5. The van der Waals surface area contributed by atoms with Gasteiger partial charge in [0.05, 0.1) is 0 Å². The van der Waals surface area contributed by atoms with E-state index in [2.05, 4.69) is 48.6 Å². The van der Waals surface area contributed by atoms with Gasteiger partial charge in [-0.3, -0.25) is 4.79 Å². The van der Waals surface area contributed by atoms with Crippen LogP contribution in [0.5, 0.6) is 0 Å². The molecule has 37 heavy (non-hydrogen) atoms. The number of rotatable bonds is 4. The van der Waals surface area contributed by atoms with Gasteiger partial charge in [0.2, 0.25) is 0 Å². The van der Waals surface area contributed by atoms with E-state index in [0.29, 0.717) is 25.6 Å². The molecular weight excluding hydrogens is 464 g/mol. The van der Waals surface area contributed by atoms with Crippen molar-refractivity contribution in [3.05, 3.63) is 101 Å². The van der Waals surface area contributed by atoms with E-state index in [4.69, 9.17) is 4.74 Å². The molecule has 1 saturated carbocycles. The molecular formula is C31H44N2O4. The second kappa shape index (κ2) is 13.6. The normalized spacial score (nSPS) is 17.9. The Labute approximate surface area is 224 Å². The molecule has 3 aromatic rings. The minimum absolute atomic E-state index is 0. The standard InChI is InChI=1S/C22H26N2O.C9H10O2.H2O.3H2/c1-16-6-8-17(9-7-16)18-10-12-21(13-11-18)23-22(25)24-14-19-4-2-3-5-20(19)15-24;1-8(10)11-7-9-5-3-2-4-6-9;;;;/h2-5,10-13,16-17H,6-9,14-15H2,1H3,(H,23,25);2-6H,7H2,1H3;1H2;3*1H. The highest BCUT2D eigenvalue weighted by molar-refractivity contribution is 5.89. The maximum absolute atomic E-state index is 12.5. The predicted octanol–water partition coefficient (Wildman–Crippen LogP) is 7.19. The minimum Gasteiger partial charge on any atom is -0.461 e. The molecule has 202 valence electrons. The van der Waals surface area contributed by atoms with E-state index in [-0.39, 0.29) is 21.8 Å². The molecule has 0 bridgehead atoms. The largest absolute Gasteiger partial charge is 0.461 e. The van der Waals surface area contributed by atoms with Crippen molar-refractivity contribution < 1.29 is 24.1 Å². The van der Waals surface area contributed by atoms with Crippen LogP contribution in [0.2, 0.25) is 0 Å². The van der Waals surface area contributed by atoms with Crippen LogP contribution in [0, 0.1) is 5.92 Å². The molecule has 0 unspecified atom stereocenters. The summed E-state index contributed by atoms with van der Waals surface area (Å²) in [5, 5.41) is 3.04. The lowest BCUT2D eigenvalue weighted by molar-refractivity contribution is -0.142. The molecule has 6 heteroatoms. The lowest BCUT2D eigenvalue weighted by atomic mass is 9.79. The second-order valence-electron chi connectivity index (χ2n) is 9.90. The van der Waals surface area contributed by atoms with Crippen molar-refractivity contribution in [1.29, 1.82) is 0 Å². The Balaban J connectivity index is 0.000000876. The van der Waals surface area contributed by atoms with E-state index >= 15 is 0 Å². The van der Waals surface area contributed by atoms with Crippen LogP contribution >= 0.6 is 0 Å². The fourth-order valence-corrected chi connectivity index (χ4v) is 4.87. The van der Waals surface area contributed by atoms with Crippen molar-refractivity contribution in [2.24, 2.45) is 5.92 Å². The van der Waals surface area contributed by atoms with Gasteiger partial charge in [-0.2, -0.15) is 0 Å². The van der Waals surface area contributed by atoms with Crippen LogP contribution in [-0.2, 0) is 29.2 Å². The number of hydrogen-bond donors (Lipinski definition) is 1. The molecule has 3 aromatic carbocycles. The lowest BCUT2D eigenvalue weighted by Gasteiger charge is -2.26. The summed E-state index contributed by atoms with van der Waals surface area (Å²) < 4.78 is 4.79. The molecule has 0 radical (unpaired) electrons. The zero-order valence-electron chi connectivity index (χ0n) is 21.8. The summed E-state index contributed by atoms with van der Waals surface area (Å²) in [5.41, 5.74) is 5.81. The monoisotopic (exact) mass is 508 g/mol. The number of benzene rings is 3. The van der Waals surface area contributed by atoms with Crippen LogP contribution in [0.25, 0.3) is 0 Å². The number of anilines is 1. The van der Waals surface area contributed by atoms with Crippen molar-refractivity contribution in [2.75, 3.05) is 5.32 Å². The number of urea groups is 1. The number of ether oxygens (including phenoxy) is 1. The molecule has 0 atom stereocenters. The first-order valence-corrected chi connectivity index (χ1v) is 12.9. The van der Waals surface area contributed by atoms with Crippen molar-refractivity contribution in [2.45, 2.75) is 65.1 Å². The molecule has 1 aliphatic heterocycles. The zero-order valence-corrected chi connectivity index (χ0v) is 21.8. The Morgan fingerprint density at radius 3 is 2.00 bits per heavy atom. The number of fused-ring (bicyclic) bond motifs is 1. The Morgan fingerprint density at radius 2 is 1.43 bits per heavy atom. The summed E-state index contributed by atoms with van der Waals surface area (Å²) in [5.74, 6) is 1.32. The summed E-state index contributed by atoms with van der Waals surface area (Å²) in [4.78, 5) is 24.8. The Kier molecular flexibility index (Phi) is 10.3. The molecule has 2 amide bonds. The van der Waals surface area contributed by atoms with E-state index in [0.717, 1.165) is 17.2 Å². The average Bonchev–Trinajstić information content (AvgIpc) is 3.34. The molecule has 3 N–H and O–H groups in total. The topological polar surface area (TPSA) is 90.1 Å². The third kappa shape index (κ3) is 8.19. The van der Waals surface area contributed by atoms with Crippen LogP contribution in [0.1, 0.15) is 72.0 Å². The maximum atomic E-state index is 12.5. The van der Waals surface area contributed by atoms with Gasteiger partial charge in [0.25, 0.3) is 0 Å². The van der Waals surface area contributed by atoms with E-state index in [1.165, 1.54) is 49.3 Å². The fourth-order valence-electron chi connectivity index (χ4n) is 4.87. The minimum atomic E-state index is -0.242. The lowest BCUT2D eigenvalue weighted by Crippen LogP contribution is -2.30. The highest BCUT2D eigenvalue weighted by Gasteiger charge is 2.23.